The van der Waals surface area contributed by atoms with E-state index in [2.05, 4.69) is 10.3 Å². The van der Waals surface area contributed by atoms with Gasteiger partial charge in [-0.1, -0.05) is 23.4 Å². The van der Waals surface area contributed by atoms with Crippen molar-refractivity contribution in [1.82, 2.24) is 0 Å². The highest BCUT2D eigenvalue weighted by molar-refractivity contribution is 5.73. The van der Waals surface area contributed by atoms with E-state index in [0.29, 0.717) is 11.4 Å². The second kappa shape index (κ2) is 6.93. The number of aliphatic carboxylic acids is 1. The van der Waals surface area contributed by atoms with Crippen molar-refractivity contribution in [3.8, 4) is 0 Å². The van der Waals surface area contributed by atoms with E-state index in [1.807, 2.05) is 0 Å². The molecule has 2 aromatic carbocycles. The van der Waals surface area contributed by atoms with Gasteiger partial charge in [-0.3, -0.25) is 14.9 Å². The molecule has 0 spiro atoms. The first-order valence-corrected chi connectivity index (χ1v) is 6.27. The zero-order valence-electron chi connectivity index (χ0n) is 11.4. The number of para-hydroxylation sites is 1. The summed E-state index contributed by atoms with van der Waals surface area (Å²) >= 11 is 0. The monoisotopic (exact) mass is 300 g/mol. The maximum Gasteiger partial charge on any atom is 0.325 e. The number of carboxylic acids is 1. The highest BCUT2D eigenvalue weighted by Gasteiger charge is 2.10. The van der Waals surface area contributed by atoms with Gasteiger partial charge in [-0.25, -0.2) is 5.01 Å². The summed E-state index contributed by atoms with van der Waals surface area (Å²) in [6.07, 6.45) is 0. The quantitative estimate of drug-likeness (QED) is 0.500. The predicted octanol–water partition coefficient (Wildman–Crippen LogP) is 3.18. The zero-order chi connectivity index (χ0) is 15.9. The van der Waals surface area contributed by atoms with Gasteiger partial charge < -0.3 is 5.11 Å². The molecule has 112 valence electrons. The van der Waals surface area contributed by atoms with E-state index >= 15 is 0 Å². The van der Waals surface area contributed by atoms with Gasteiger partial charge in [-0.05, 0) is 24.3 Å². The van der Waals surface area contributed by atoms with Gasteiger partial charge >= 0.3 is 5.97 Å². The van der Waals surface area contributed by atoms with Crippen LogP contribution >= 0.6 is 0 Å². The number of carbonyl (C=O) groups is 1. The average Bonchev–Trinajstić information content (AvgIpc) is 2.52. The molecule has 0 unspecified atom stereocenters. The molecule has 0 saturated heterocycles. The van der Waals surface area contributed by atoms with Crippen molar-refractivity contribution in [3.63, 3.8) is 0 Å². The lowest BCUT2D eigenvalue weighted by Crippen LogP contribution is -2.23. The Morgan fingerprint density at radius 1 is 1.14 bits per heavy atom. The van der Waals surface area contributed by atoms with Crippen molar-refractivity contribution in [2.75, 3.05) is 11.6 Å². The number of non-ortho nitro benzene ring substituents is 1. The standard InChI is InChI=1S/C14H12N4O4/c19-14(20)10-17(12-4-2-1-3-5-12)16-15-11-6-8-13(9-7-11)18(21)22/h1-9H,10H2,(H,19,20). The SMILES string of the molecule is O=C(O)CN(N=Nc1ccc([N+](=O)[O-])cc1)c1ccccc1. The number of anilines is 1. The number of benzene rings is 2. The minimum atomic E-state index is -1.05. The van der Waals surface area contributed by atoms with Crippen LogP contribution in [-0.2, 0) is 4.79 Å². The van der Waals surface area contributed by atoms with E-state index in [4.69, 9.17) is 5.11 Å². The van der Waals surface area contributed by atoms with Gasteiger partial charge in [0.2, 0.25) is 0 Å². The lowest BCUT2D eigenvalue weighted by Gasteiger charge is -2.14. The Kier molecular flexibility index (Phi) is 4.76. The molecule has 0 aliphatic rings. The van der Waals surface area contributed by atoms with Gasteiger partial charge in [0.15, 0.2) is 0 Å². The van der Waals surface area contributed by atoms with E-state index in [-0.39, 0.29) is 12.2 Å². The van der Waals surface area contributed by atoms with Crippen molar-refractivity contribution in [2.45, 2.75) is 0 Å². The van der Waals surface area contributed by atoms with Crippen LogP contribution in [0.25, 0.3) is 0 Å². The Morgan fingerprint density at radius 3 is 2.32 bits per heavy atom. The normalized spacial score (nSPS) is 10.5. The molecule has 0 aromatic heterocycles. The second-order valence-electron chi connectivity index (χ2n) is 4.25. The molecule has 0 bridgehead atoms. The van der Waals surface area contributed by atoms with Crippen LogP contribution in [0.5, 0.6) is 0 Å². The molecule has 0 radical (unpaired) electrons. The average molecular weight is 300 g/mol. The highest BCUT2D eigenvalue weighted by Crippen LogP contribution is 2.20. The summed E-state index contributed by atoms with van der Waals surface area (Å²) in [6, 6.07) is 14.2. The third-order valence-corrected chi connectivity index (χ3v) is 2.67. The molecule has 2 rings (SSSR count). The number of nitro groups is 1. The number of rotatable bonds is 6. The molecule has 0 saturated carbocycles. The van der Waals surface area contributed by atoms with Gasteiger partial charge in [0, 0.05) is 12.1 Å². The van der Waals surface area contributed by atoms with Gasteiger partial charge in [-0.2, -0.15) is 0 Å². The fourth-order valence-electron chi connectivity index (χ4n) is 1.65. The van der Waals surface area contributed by atoms with Gasteiger partial charge in [-0.15, -0.1) is 5.11 Å². The van der Waals surface area contributed by atoms with Crippen molar-refractivity contribution in [2.24, 2.45) is 10.3 Å². The first-order valence-electron chi connectivity index (χ1n) is 6.27. The third-order valence-electron chi connectivity index (χ3n) is 2.67. The van der Waals surface area contributed by atoms with E-state index in [0.717, 1.165) is 0 Å². The third kappa shape index (κ3) is 4.10. The Labute approximate surface area is 125 Å². The molecule has 0 heterocycles. The van der Waals surface area contributed by atoms with Crippen LogP contribution in [0, 0.1) is 10.1 Å². The first-order chi connectivity index (χ1) is 10.6. The molecule has 0 aliphatic carbocycles. The fraction of sp³-hybridized carbons (Fsp3) is 0.0714. The van der Waals surface area contributed by atoms with Gasteiger partial charge in [0.1, 0.15) is 6.54 Å². The molecule has 0 amide bonds. The summed E-state index contributed by atoms with van der Waals surface area (Å²) in [5.74, 6) is -1.05. The molecular weight excluding hydrogens is 288 g/mol. The number of nitro benzene ring substituents is 1. The summed E-state index contributed by atoms with van der Waals surface area (Å²) in [5.41, 5.74) is 0.914. The molecule has 0 fully saturated rings. The molecule has 0 aliphatic heterocycles. The lowest BCUT2D eigenvalue weighted by molar-refractivity contribution is -0.384. The molecule has 22 heavy (non-hydrogen) atoms. The number of nitrogens with zero attached hydrogens (tertiary/aromatic N) is 4. The minimum absolute atomic E-state index is 0.0515. The summed E-state index contributed by atoms with van der Waals surface area (Å²) in [7, 11) is 0. The van der Waals surface area contributed by atoms with E-state index < -0.39 is 10.9 Å². The van der Waals surface area contributed by atoms with Gasteiger partial charge in [0.25, 0.3) is 5.69 Å². The van der Waals surface area contributed by atoms with E-state index in [1.54, 1.807) is 30.3 Å². The summed E-state index contributed by atoms with van der Waals surface area (Å²) in [4.78, 5) is 20.9. The summed E-state index contributed by atoms with van der Waals surface area (Å²) in [5, 5.41) is 28.5. The Hall–Kier alpha value is -3.29. The van der Waals surface area contributed by atoms with E-state index in [1.165, 1.54) is 29.3 Å². The summed E-state index contributed by atoms with van der Waals surface area (Å²) < 4.78 is 0. The molecule has 0 atom stereocenters. The lowest BCUT2D eigenvalue weighted by atomic mass is 10.3. The maximum absolute atomic E-state index is 10.9. The molecule has 8 nitrogen and oxygen atoms in total. The van der Waals surface area contributed by atoms with Crippen LogP contribution < -0.4 is 5.01 Å². The van der Waals surface area contributed by atoms with Crippen molar-refractivity contribution < 1.29 is 14.8 Å². The van der Waals surface area contributed by atoms with Crippen molar-refractivity contribution in [3.05, 3.63) is 64.7 Å². The number of hydrogen-bond donors (Lipinski definition) is 1. The smallest absolute Gasteiger partial charge is 0.325 e. The van der Waals surface area contributed by atoms with E-state index in [9.17, 15) is 14.9 Å². The highest BCUT2D eigenvalue weighted by atomic mass is 16.6. The second-order valence-corrected chi connectivity index (χ2v) is 4.25. The number of carboxylic acid groups (broad SMARTS) is 1. The summed E-state index contributed by atoms with van der Waals surface area (Å²) in [6.45, 7) is -0.347. The van der Waals surface area contributed by atoms with Crippen LogP contribution in [0.3, 0.4) is 0 Å². The Morgan fingerprint density at radius 2 is 1.77 bits per heavy atom. The number of hydrogen-bond acceptors (Lipinski definition) is 5. The van der Waals surface area contributed by atoms with Crippen LogP contribution in [-0.4, -0.2) is 22.5 Å². The molecule has 8 heteroatoms. The first kappa shape index (κ1) is 15.1. The van der Waals surface area contributed by atoms with Crippen LogP contribution in [0.15, 0.2) is 64.9 Å². The largest absolute Gasteiger partial charge is 0.480 e. The van der Waals surface area contributed by atoms with Crippen LogP contribution in [0.4, 0.5) is 17.1 Å². The maximum atomic E-state index is 10.9. The zero-order valence-corrected chi connectivity index (χ0v) is 11.4. The Balaban J connectivity index is 2.19. The minimum Gasteiger partial charge on any atom is -0.480 e. The molecular formula is C14H12N4O4. The molecule has 2 aromatic rings. The predicted molar refractivity (Wildman–Crippen MR) is 79.0 cm³/mol. The van der Waals surface area contributed by atoms with Crippen LogP contribution in [0.1, 0.15) is 0 Å². The molecule has 1 N–H and O–H groups in total. The fourth-order valence-corrected chi connectivity index (χ4v) is 1.65. The topological polar surface area (TPSA) is 108 Å². The van der Waals surface area contributed by atoms with Crippen LogP contribution in [0.2, 0.25) is 0 Å². The Bertz CT molecular complexity index is 686. The van der Waals surface area contributed by atoms with Crippen molar-refractivity contribution >= 4 is 23.0 Å². The van der Waals surface area contributed by atoms with Gasteiger partial charge in [0.05, 0.1) is 16.3 Å². The van der Waals surface area contributed by atoms with Crippen molar-refractivity contribution in [1.29, 1.82) is 0 Å².